The van der Waals surface area contributed by atoms with Crippen molar-refractivity contribution in [3.63, 3.8) is 0 Å². The van der Waals surface area contributed by atoms with E-state index in [-0.39, 0.29) is 12.5 Å². The van der Waals surface area contributed by atoms with E-state index in [1.54, 1.807) is 27.7 Å². The van der Waals surface area contributed by atoms with Crippen molar-refractivity contribution in [2.45, 2.75) is 12.7 Å². The van der Waals surface area contributed by atoms with Crippen LogP contribution < -0.4 is 4.90 Å². The van der Waals surface area contributed by atoms with Gasteiger partial charge in [0.15, 0.2) is 17.2 Å². The van der Waals surface area contributed by atoms with Crippen LogP contribution in [0.15, 0.2) is 65.3 Å². The Morgan fingerprint density at radius 1 is 0.914 bits per heavy atom. The molecule has 182 valence electrons. The summed E-state index contributed by atoms with van der Waals surface area (Å²) in [6.07, 6.45) is -2.95. The molecule has 5 nitrogen and oxygen atoms in total. The molecule has 0 unspecified atom stereocenters. The third-order valence-electron chi connectivity index (χ3n) is 6.17. The number of rotatable bonds is 4. The Kier molecular flexibility index (Phi) is 5.74. The molecule has 1 fully saturated rings. The number of aromatic nitrogens is 1. The maximum Gasteiger partial charge on any atom is 0.416 e. The number of piperazine rings is 1. The molecule has 1 aliphatic rings. The average Bonchev–Trinajstić information content (AvgIpc) is 3.43. The Balaban J connectivity index is 1.35. The largest absolute Gasteiger partial charge is 0.463 e. The highest BCUT2D eigenvalue weighted by Crippen LogP contribution is 2.32. The molecule has 3 heterocycles. The third-order valence-corrected chi connectivity index (χ3v) is 6.17. The number of carbonyl (C=O) groups excluding carboxylic acids is 1. The van der Waals surface area contributed by atoms with Gasteiger partial charge >= 0.3 is 6.18 Å². The van der Waals surface area contributed by atoms with Crippen molar-refractivity contribution in [1.29, 1.82) is 0 Å². The van der Waals surface area contributed by atoms with Gasteiger partial charge in [-0.2, -0.15) is 13.2 Å². The lowest BCUT2D eigenvalue weighted by molar-refractivity contribution is -0.137. The Morgan fingerprint density at radius 3 is 2.40 bits per heavy atom. The molecule has 0 radical (unpaired) electrons. The SMILES string of the molecule is O=C(c1cc2occc2n1Cc1ccc(F)c(F)c1)N1CCN(c2cccc(C(F)(F)F)c2)CC1. The molecular formula is C25H20F5N3O2. The van der Waals surface area contributed by atoms with Crippen molar-refractivity contribution in [3.05, 3.63) is 89.3 Å². The minimum atomic E-state index is -4.43. The monoisotopic (exact) mass is 489 g/mol. The van der Waals surface area contributed by atoms with Crippen LogP contribution >= 0.6 is 0 Å². The van der Waals surface area contributed by atoms with Crippen LogP contribution in [0.2, 0.25) is 0 Å². The number of halogens is 5. The van der Waals surface area contributed by atoms with Crippen molar-refractivity contribution in [2.75, 3.05) is 31.1 Å². The van der Waals surface area contributed by atoms with Crippen LogP contribution in [0.4, 0.5) is 27.6 Å². The zero-order chi connectivity index (χ0) is 24.7. The van der Waals surface area contributed by atoms with E-state index in [0.717, 1.165) is 24.3 Å². The summed E-state index contributed by atoms with van der Waals surface area (Å²) >= 11 is 0. The molecule has 0 spiro atoms. The van der Waals surface area contributed by atoms with Crippen molar-refractivity contribution in [3.8, 4) is 0 Å². The first kappa shape index (κ1) is 22.9. The van der Waals surface area contributed by atoms with Crippen molar-refractivity contribution in [1.82, 2.24) is 9.47 Å². The first-order valence-corrected chi connectivity index (χ1v) is 10.9. The van der Waals surface area contributed by atoms with Crippen molar-refractivity contribution >= 4 is 22.7 Å². The molecular weight excluding hydrogens is 469 g/mol. The number of furan rings is 1. The van der Waals surface area contributed by atoms with Gasteiger partial charge in [-0.1, -0.05) is 12.1 Å². The molecule has 2 aromatic heterocycles. The number of hydrogen-bond acceptors (Lipinski definition) is 3. The van der Waals surface area contributed by atoms with Gasteiger partial charge in [-0.3, -0.25) is 4.79 Å². The third kappa shape index (κ3) is 4.48. The summed E-state index contributed by atoms with van der Waals surface area (Å²) in [6, 6.07) is 12.0. The summed E-state index contributed by atoms with van der Waals surface area (Å²) in [4.78, 5) is 16.8. The van der Waals surface area contributed by atoms with Gasteiger partial charge in [0.25, 0.3) is 5.91 Å². The van der Waals surface area contributed by atoms with Crippen LogP contribution in [0.3, 0.4) is 0 Å². The average molecular weight is 489 g/mol. The van der Waals surface area contributed by atoms with Gasteiger partial charge in [-0.25, -0.2) is 8.78 Å². The zero-order valence-corrected chi connectivity index (χ0v) is 18.4. The summed E-state index contributed by atoms with van der Waals surface area (Å²) in [5.74, 6) is -2.20. The first-order chi connectivity index (χ1) is 16.7. The number of fused-ring (bicyclic) bond motifs is 1. The predicted octanol–water partition coefficient (Wildman–Crippen LogP) is 5.54. The van der Waals surface area contributed by atoms with Gasteiger partial charge < -0.3 is 18.8 Å². The van der Waals surface area contributed by atoms with E-state index in [2.05, 4.69) is 0 Å². The van der Waals surface area contributed by atoms with Crippen LogP contribution in [0.5, 0.6) is 0 Å². The van der Waals surface area contributed by atoms with Crippen molar-refractivity contribution < 1.29 is 31.2 Å². The van der Waals surface area contributed by atoms with Gasteiger partial charge in [0.2, 0.25) is 0 Å². The fourth-order valence-electron chi connectivity index (χ4n) is 4.35. The Bertz CT molecular complexity index is 1380. The second kappa shape index (κ2) is 8.75. The van der Waals surface area contributed by atoms with Crippen molar-refractivity contribution in [2.24, 2.45) is 0 Å². The number of hydrogen-bond donors (Lipinski definition) is 0. The van der Waals surface area contributed by atoms with E-state index in [4.69, 9.17) is 4.42 Å². The van der Waals surface area contributed by atoms with Crippen LogP contribution in [0, 0.1) is 11.6 Å². The number of anilines is 1. The molecule has 1 amide bonds. The number of alkyl halides is 3. The molecule has 35 heavy (non-hydrogen) atoms. The topological polar surface area (TPSA) is 41.6 Å². The predicted molar refractivity (Wildman–Crippen MR) is 119 cm³/mol. The fraction of sp³-hybridized carbons (Fsp3) is 0.240. The van der Waals surface area contributed by atoms with E-state index in [1.165, 1.54) is 18.4 Å². The molecule has 5 rings (SSSR count). The Labute approximate surface area is 196 Å². The molecule has 2 aromatic carbocycles. The summed E-state index contributed by atoms with van der Waals surface area (Å²) in [6.45, 7) is 1.49. The molecule has 1 aliphatic heterocycles. The molecule has 0 bridgehead atoms. The number of carbonyl (C=O) groups is 1. The molecule has 0 aliphatic carbocycles. The van der Waals surface area contributed by atoms with Gasteiger partial charge in [0.1, 0.15) is 5.69 Å². The summed E-state index contributed by atoms with van der Waals surface area (Å²) in [5, 5.41) is 0. The summed E-state index contributed by atoms with van der Waals surface area (Å²) in [5.41, 5.74) is 1.67. The van der Waals surface area contributed by atoms with Crippen LogP contribution in [0.25, 0.3) is 11.1 Å². The minimum Gasteiger partial charge on any atom is -0.463 e. The molecule has 0 saturated carbocycles. The molecule has 4 aromatic rings. The Hall–Kier alpha value is -3.82. The zero-order valence-electron chi connectivity index (χ0n) is 18.4. The van der Waals surface area contributed by atoms with Gasteiger partial charge in [0, 0.05) is 50.5 Å². The molecule has 0 N–H and O–H groups in total. The quantitative estimate of drug-likeness (QED) is 0.354. The lowest BCUT2D eigenvalue weighted by Gasteiger charge is -2.36. The second-order valence-corrected chi connectivity index (χ2v) is 8.36. The molecule has 0 atom stereocenters. The molecule has 1 saturated heterocycles. The highest BCUT2D eigenvalue weighted by atomic mass is 19.4. The lowest BCUT2D eigenvalue weighted by atomic mass is 10.1. The minimum absolute atomic E-state index is 0.130. The number of nitrogens with zero attached hydrogens (tertiary/aromatic N) is 3. The van der Waals surface area contributed by atoms with Crippen LogP contribution in [-0.4, -0.2) is 41.6 Å². The highest BCUT2D eigenvalue weighted by molar-refractivity contribution is 5.97. The number of benzene rings is 2. The van der Waals surface area contributed by atoms with E-state index in [1.807, 2.05) is 4.90 Å². The van der Waals surface area contributed by atoms with Gasteiger partial charge in [-0.05, 0) is 35.9 Å². The van der Waals surface area contributed by atoms with E-state index < -0.39 is 23.4 Å². The summed E-state index contributed by atoms with van der Waals surface area (Å²) < 4.78 is 73.4. The van der Waals surface area contributed by atoms with Crippen LogP contribution in [-0.2, 0) is 12.7 Å². The first-order valence-electron chi connectivity index (χ1n) is 10.9. The number of amides is 1. The fourth-order valence-corrected chi connectivity index (χ4v) is 4.35. The lowest BCUT2D eigenvalue weighted by Crippen LogP contribution is -2.49. The van der Waals surface area contributed by atoms with E-state index in [9.17, 15) is 26.7 Å². The Morgan fingerprint density at radius 2 is 1.69 bits per heavy atom. The second-order valence-electron chi connectivity index (χ2n) is 8.36. The van der Waals surface area contributed by atoms with E-state index >= 15 is 0 Å². The maximum atomic E-state index is 13.7. The van der Waals surface area contributed by atoms with Gasteiger partial charge in [0.05, 0.1) is 17.3 Å². The maximum absolute atomic E-state index is 13.7. The smallest absolute Gasteiger partial charge is 0.416 e. The standard InChI is InChI=1S/C25H20F5N3O2/c26-19-5-4-16(12-20(19)27)15-33-21-6-11-35-23(21)14-22(33)24(34)32-9-7-31(8-10-32)18-3-1-2-17(13-18)25(28,29)30/h1-6,11-14H,7-10,15H2. The normalized spacial score (nSPS) is 14.7. The van der Waals surface area contributed by atoms with Gasteiger partial charge in [-0.15, -0.1) is 0 Å². The summed E-state index contributed by atoms with van der Waals surface area (Å²) in [7, 11) is 0. The van der Waals surface area contributed by atoms with E-state index in [0.29, 0.717) is 54.2 Å². The molecule has 10 heteroatoms. The van der Waals surface area contributed by atoms with Crippen LogP contribution in [0.1, 0.15) is 21.6 Å². The highest BCUT2D eigenvalue weighted by Gasteiger charge is 2.32.